The van der Waals surface area contributed by atoms with Crippen LogP contribution in [0, 0.1) is 17.1 Å². The van der Waals surface area contributed by atoms with E-state index in [0.717, 1.165) is 10.0 Å². The maximum Gasteiger partial charge on any atom is 0.131 e. The minimum absolute atomic E-state index is 0.225. The van der Waals surface area contributed by atoms with Crippen molar-refractivity contribution < 1.29 is 9.13 Å². The number of nitrogens with zero attached hydrogens (tertiary/aromatic N) is 1. The van der Waals surface area contributed by atoms with Crippen LogP contribution in [-0.4, -0.2) is 0 Å². The van der Waals surface area contributed by atoms with Crippen LogP contribution in [0.25, 0.3) is 11.6 Å². The number of hydrogen-bond acceptors (Lipinski definition) is 2. The molecular weight excluding hydrogens is 429 g/mol. The van der Waals surface area contributed by atoms with Gasteiger partial charge in [-0.15, -0.1) is 0 Å². The third kappa shape index (κ3) is 4.97. The maximum atomic E-state index is 14.1. The van der Waals surface area contributed by atoms with Crippen molar-refractivity contribution in [2.45, 2.75) is 6.61 Å². The zero-order chi connectivity index (χ0) is 19.2. The monoisotopic (exact) mass is 441 g/mol. The fraction of sp³-hybridized carbons (Fsp3) is 0.0455. The number of allylic oxidation sites excluding steroid dienone is 1. The van der Waals surface area contributed by atoms with Gasteiger partial charge in [0.15, 0.2) is 0 Å². The molecule has 0 amide bonds. The zero-order valence-corrected chi connectivity index (χ0v) is 16.5. The van der Waals surface area contributed by atoms with Crippen LogP contribution in [0.2, 0.25) is 5.02 Å². The van der Waals surface area contributed by atoms with E-state index >= 15 is 0 Å². The van der Waals surface area contributed by atoms with Crippen molar-refractivity contribution >= 4 is 39.2 Å². The van der Waals surface area contributed by atoms with Crippen LogP contribution < -0.4 is 4.74 Å². The first-order chi connectivity index (χ1) is 13.1. The molecule has 0 aliphatic heterocycles. The van der Waals surface area contributed by atoms with Crippen molar-refractivity contribution in [1.29, 1.82) is 5.26 Å². The lowest BCUT2D eigenvalue weighted by atomic mass is 10.0. The first-order valence-corrected chi connectivity index (χ1v) is 9.27. The average molecular weight is 443 g/mol. The summed E-state index contributed by atoms with van der Waals surface area (Å²) in [6.45, 7) is 0.348. The number of halogens is 3. The summed E-state index contributed by atoms with van der Waals surface area (Å²) in [6, 6.07) is 21.1. The van der Waals surface area contributed by atoms with E-state index in [4.69, 9.17) is 16.3 Å². The van der Waals surface area contributed by atoms with E-state index in [2.05, 4.69) is 22.0 Å². The smallest absolute Gasteiger partial charge is 0.131 e. The first kappa shape index (κ1) is 19.2. The summed E-state index contributed by atoms with van der Waals surface area (Å²) in [5, 5.41) is 10.2. The van der Waals surface area contributed by atoms with Gasteiger partial charge in [-0.2, -0.15) is 5.26 Å². The average Bonchev–Trinajstić information content (AvgIpc) is 2.67. The van der Waals surface area contributed by atoms with Gasteiger partial charge in [0, 0.05) is 20.6 Å². The van der Waals surface area contributed by atoms with Crippen LogP contribution in [0.3, 0.4) is 0 Å². The molecule has 3 rings (SSSR count). The molecule has 0 aliphatic rings. The van der Waals surface area contributed by atoms with Gasteiger partial charge < -0.3 is 4.74 Å². The molecule has 0 spiro atoms. The quantitative estimate of drug-likeness (QED) is 0.318. The summed E-state index contributed by atoms with van der Waals surface area (Å²) in [4.78, 5) is 0. The molecule has 0 atom stereocenters. The van der Waals surface area contributed by atoms with Crippen LogP contribution in [0.5, 0.6) is 5.75 Å². The second-order valence-electron chi connectivity index (χ2n) is 5.75. The maximum absolute atomic E-state index is 14.1. The highest BCUT2D eigenvalue weighted by Gasteiger charge is 2.10. The Bertz CT molecular complexity index is 1030. The Balaban J connectivity index is 1.92. The highest BCUT2D eigenvalue weighted by molar-refractivity contribution is 9.10. The van der Waals surface area contributed by atoms with Crippen molar-refractivity contribution in [3.8, 4) is 11.8 Å². The Labute approximate surface area is 170 Å². The van der Waals surface area contributed by atoms with Gasteiger partial charge in [-0.05, 0) is 48.0 Å². The highest BCUT2D eigenvalue weighted by Crippen LogP contribution is 2.29. The molecule has 0 heterocycles. The van der Waals surface area contributed by atoms with Crippen molar-refractivity contribution in [2.75, 3.05) is 0 Å². The second kappa shape index (κ2) is 8.85. The van der Waals surface area contributed by atoms with Crippen LogP contribution in [0.4, 0.5) is 4.39 Å². The molecule has 2 nitrogen and oxygen atoms in total. The predicted molar refractivity (Wildman–Crippen MR) is 110 cm³/mol. The summed E-state index contributed by atoms with van der Waals surface area (Å²) in [5.74, 6) is 0.154. The van der Waals surface area contributed by atoms with Crippen molar-refractivity contribution in [3.63, 3.8) is 0 Å². The second-order valence-corrected chi connectivity index (χ2v) is 7.10. The molecule has 0 fully saturated rings. The van der Waals surface area contributed by atoms with Crippen molar-refractivity contribution in [3.05, 3.63) is 98.7 Å². The molecule has 0 aliphatic carbocycles. The molecule has 0 bridgehead atoms. The predicted octanol–water partition coefficient (Wildman–Crippen LogP) is 6.88. The largest absolute Gasteiger partial charge is 0.488 e. The molecule has 0 N–H and O–H groups in total. The third-order valence-electron chi connectivity index (χ3n) is 3.86. The number of ether oxygens (including phenoxy) is 1. The van der Waals surface area contributed by atoms with Crippen LogP contribution >= 0.6 is 27.5 Å². The molecule has 27 heavy (non-hydrogen) atoms. The van der Waals surface area contributed by atoms with E-state index in [9.17, 15) is 9.65 Å². The van der Waals surface area contributed by atoms with E-state index in [1.54, 1.807) is 36.4 Å². The Morgan fingerprint density at radius 2 is 1.85 bits per heavy atom. The van der Waals surface area contributed by atoms with Crippen LogP contribution in [0.15, 0.2) is 71.2 Å². The lowest BCUT2D eigenvalue weighted by Crippen LogP contribution is -1.97. The Morgan fingerprint density at radius 3 is 2.56 bits per heavy atom. The molecule has 0 saturated heterocycles. The van der Waals surface area contributed by atoms with Crippen LogP contribution in [0.1, 0.15) is 16.7 Å². The van der Waals surface area contributed by atoms with E-state index in [1.165, 1.54) is 6.07 Å². The van der Waals surface area contributed by atoms with Gasteiger partial charge in [-0.1, -0.05) is 57.9 Å². The van der Waals surface area contributed by atoms with Gasteiger partial charge in [0.2, 0.25) is 0 Å². The van der Waals surface area contributed by atoms with Gasteiger partial charge in [0.1, 0.15) is 18.2 Å². The molecule has 0 unspecified atom stereocenters. The summed E-state index contributed by atoms with van der Waals surface area (Å²) in [7, 11) is 0. The summed E-state index contributed by atoms with van der Waals surface area (Å²) in [5.41, 5.74) is 2.12. The zero-order valence-electron chi connectivity index (χ0n) is 14.1. The lowest BCUT2D eigenvalue weighted by molar-refractivity contribution is 0.305. The molecule has 5 heteroatoms. The van der Waals surface area contributed by atoms with Gasteiger partial charge in [0.25, 0.3) is 0 Å². The number of nitriles is 1. The molecule has 3 aromatic rings. The van der Waals surface area contributed by atoms with Crippen molar-refractivity contribution in [2.24, 2.45) is 0 Å². The normalized spacial score (nSPS) is 11.1. The summed E-state index contributed by atoms with van der Waals surface area (Å²) in [6.07, 6.45) is 1.63. The summed E-state index contributed by atoms with van der Waals surface area (Å²) < 4.78 is 20.8. The highest BCUT2D eigenvalue weighted by atomic mass is 79.9. The van der Waals surface area contributed by atoms with Gasteiger partial charge in [0.05, 0.1) is 11.6 Å². The van der Waals surface area contributed by atoms with E-state index in [0.29, 0.717) is 22.9 Å². The van der Waals surface area contributed by atoms with Crippen molar-refractivity contribution in [1.82, 2.24) is 0 Å². The van der Waals surface area contributed by atoms with Gasteiger partial charge in [-0.25, -0.2) is 4.39 Å². The SMILES string of the molecule is N#C/C(=C/c1cc(Br)ccc1OCc1ccc(Cl)cc1)c1ccccc1F. The third-order valence-corrected chi connectivity index (χ3v) is 4.61. The van der Waals surface area contributed by atoms with Crippen LogP contribution in [-0.2, 0) is 6.61 Å². The van der Waals surface area contributed by atoms with E-state index in [1.807, 2.05) is 30.3 Å². The molecule has 3 aromatic carbocycles. The molecule has 0 radical (unpaired) electrons. The number of hydrogen-bond donors (Lipinski definition) is 0. The number of benzene rings is 3. The summed E-state index contributed by atoms with van der Waals surface area (Å²) >= 11 is 9.33. The standard InChI is InChI=1S/C22H14BrClFNO/c23-18-7-10-22(27-14-15-5-8-19(24)9-6-15)16(12-18)11-17(13-26)20-3-1-2-4-21(20)25/h1-12H,14H2/b17-11-. The van der Waals surface area contributed by atoms with Gasteiger partial charge >= 0.3 is 0 Å². The van der Waals surface area contributed by atoms with Gasteiger partial charge in [-0.3, -0.25) is 0 Å². The van der Waals surface area contributed by atoms with E-state index in [-0.39, 0.29) is 11.1 Å². The number of rotatable bonds is 5. The molecule has 0 aromatic heterocycles. The molecule has 0 saturated carbocycles. The lowest BCUT2D eigenvalue weighted by Gasteiger charge is -2.11. The minimum Gasteiger partial charge on any atom is -0.488 e. The Morgan fingerprint density at radius 1 is 1.11 bits per heavy atom. The molecule has 134 valence electrons. The minimum atomic E-state index is -0.441. The fourth-order valence-corrected chi connectivity index (χ4v) is 3.02. The first-order valence-electron chi connectivity index (χ1n) is 8.10. The van der Waals surface area contributed by atoms with E-state index < -0.39 is 5.82 Å². The molecular formula is C22H14BrClFNO. The Kier molecular flexibility index (Phi) is 6.28. The fourth-order valence-electron chi connectivity index (χ4n) is 2.51. The topological polar surface area (TPSA) is 33.0 Å². The Hall–Kier alpha value is -2.61.